The van der Waals surface area contributed by atoms with Crippen LogP contribution in [0.15, 0.2) is 97.2 Å². The summed E-state index contributed by atoms with van der Waals surface area (Å²) in [5.74, 6) is 0.585. The van der Waals surface area contributed by atoms with Crippen LogP contribution in [0, 0.1) is 0 Å². The molecule has 1 amide bonds. The number of hydrogen-bond donors (Lipinski definition) is 0. The molecular formula is C24H19N3OS. The maximum atomic E-state index is 12.8. The Kier molecular flexibility index (Phi) is 4.66. The minimum Gasteiger partial charge on any atom is -0.295 e. The van der Waals surface area contributed by atoms with Crippen molar-refractivity contribution in [3.63, 3.8) is 0 Å². The lowest BCUT2D eigenvalue weighted by molar-refractivity contribution is -0.115. The minimum absolute atomic E-state index is 0.113. The number of para-hydroxylation sites is 2. The van der Waals surface area contributed by atoms with E-state index in [1.165, 1.54) is 0 Å². The molecule has 1 aromatic heterocycles. The lowest BCUT2D eigenvalue weighted by Gasteiger charge is -2.24. The van der Waals surface area contributed by atoms with E-state index in [9.17, 15) is 4.79 Å². The summed E-state index contributed by atoms with van der Waals surface area (Å²) in [5, 5.41) is 4.80. The molecule has 0 spiro atoms. The number of carbonyl (C=O) groups excluding carboxylic acids is 1. The van der Waals surface area contributed by atoms with E-state index in [1.807, 2.05) is 88.4 Å². The lowest BCUT2D eigenvalue weighted by atomic mass is 10.1. The topological polar surface area (TPSA) is 38.1 Å². The first-order valence-corrected chi connectivity index (χ1v) is 10.6. The van der Waals surface area contributed by atoms with Gasteiger partial charge in [0.1, 0.15) is 5.37 Å². The summed E-state index contributed by atoms with van der Waals surface area (Å²) in [7, 11) is 0. The van der Waals surface area contributed by atoms with Crippen LogP contribution < -0.4 is 4.90 Å². The Morgan fingerprint density at radius 2 is 1.38 bits per heavy atom. The number of aromatic nitrogens is 2. The molecule has 4 aromatic rings. The Morgan fingerprint density at radius 3 is 2.03 bits per heavy atom. The van der Waals surface area contributed by atoms with E-state index in [0.717, 1.165) is 28.2 Å². The van der Waals surface area contributed by atoms with E-state index in [2.05, 4.69) is 18.3 Å². The van der Waals surface area contributed by atoms with E-state index in [-0.39, 0.29) is 11.3 Å². The largest absolute Gasteiger partial charge is 0.295 e. The Morgan fingerprint density at radius 1 is 0.793 bits per heavy atom. The second-order valence-electron chi connectivity index (χ2n) is 6.84. The Hall–Kier alpha value is -3.31. The molecule has 142 valence electrons. The van der Waals surface area contributed by atoms with Gasteiger partial charge in [-0.25, -0.2) is 4.68 Å². The average Bonchev–Trinajstić information content (AvgIpc) is 3.39. The number of thioether (sulfide) groups is 1. The molecular weight excluding hydrogens is 378 g/mol. The zero-order valence-electron chi connectivity index (χ0n) is 15.7. The van der Waals surface area contributed by atoms with Gasteiger partial charge in [-0.2, -0.15) is 5.10 Å². The molecule has 1 atom stereocenters. The van der Waals surface area contributed by atoms with Gasteiger partial charge in [-0.1, -0.05) is 66.7 Å². The molecule has 0 saturated carbocycles. The molecule has 1 fully saturated rings. The third-order valence-corrected chi connectivity index (χ3v) is 6.17. The van der Waals surface area contributed by atoms with Crippen LogP contribution in [0.25, 0.3) is 16.9 Å². The molecule has 5 heteroatoms. The highest BCUT2D eigenvalue weighted by Gasteiger charge is 2.36. The van der Waals surface area contributed by atoms with Gasteiger partial charge in [0.2, 0.25) is 5.91 Å². The minimum atomic E-state index is -0.113. The van der Waals surface area contributed by atoms with Crippen LogP contribution in [0.4, 0.5) is 5.69 Å². The predicted octanol–water partition coefficient (Wildman–Crippen LogP) is 5.32. The van der Waals surface area contributed by atoms with E-state index in [4.69, 9.17) is 5.10 Å². The maximum absolute atomic E-state index is 12.8. The zero-order valence-corrected chi connectivity index (χ0v) is 16.5. The molecule has 0 bridgehead atoms. The van der Waals surface area contributed by atoms with Gasteiger partial charge in [0, 0.05) is 23.0 Å². The number of benzene rings is 3. The highest BCUT2D eigenvalue weighted by Crippen LogP contribution is 2.44. The SMILES string of the molecule is O=C1CS[C@@H](c2cn(-c3ccccc3)nc2-c2ccccc2)N1c1ccccc1. The molecule has 2 heterocycles. The molecule has 4 nitrogen and oxygen atoms in total. The Labute approximate surface area is 173 Å². The van der Waals surface area contributed by atoms with Crippen molar-refractivity contribution in [1.29, 1.82) is 0 Å². The summed E-state index contributed by atoms with van der Waals surface area (Å²) in [6.07, 6.45) is 2.06. The highest BCUT2D eigenvalue weighted by molar-refractivity contribution is 8.00. The fraction of sp³-hybridized carbons (Fsp3) is 0.0833. The van der Waals surface area contributed by atoms with Gasteiger partial charge < -0.3 is 0 Å². The van der Waals surface area contributed by atoms with Crippen molar-refractivity contribution in [2.75, 3.05) is 10.7 Å². The molecule has 0 aliphatic carbocycles. The molecule has 0 unspecified atom stereocenters. The lowest BCUT2D eigenvalue weighted by Crippen LogP contribution is -2.27. The van der Waals surface area contributed by atoms with Gasteiger partial charge in [0.25, 0.3) is 0 Å². The fourth-order valence-electron chi connectivity index (χ4n) is 3.62. The van der Waals surface area contributed by atoms with Crippen molar-refractivity contribution in [2.24, 2.45) is 0 Å². The Bertz CT molecular complexity index is 1130. The number of amides is 1. The molecule has 1 aliphatic rings. The third kappa shape index (κ3) is 3.34. The van der Waals surface area contributed by atoms with Crippen molar-refractivity contribution >= 4 is 23.4 Å². The normalized spacial score (nSPS) is 16.3. The summed E-state index contributed by atoms with van der Waals surface area (Å²) in [4.78, 5) is 14.7. The van der Waals surface area contributed by atoms with Crippen LogP contribution >= 0.6 is 11.8 Å². The quantitative estimate of drug-likeness (QED) is 0.468. The molecule has 0 N–H and O–H groups in total. The summed E-state index contributed by atoms with van der Waals surface area (Å²) in [5.41, 5.74) is 4.91. The number of carbonyl (C=O) groups is 1. The van der Waals surface area contributed by atoms with E-state index < -0.39 is 0 Å². The van der Waals surface area contributed by atoms with Gasteiger partial charge in [0.15, 0.2) is 0 Å². The molecule has 3 aromatic carbocycles. The maximum Gasteiger partial charge on any atom is 0.238 e. The molecule has 29 heavy (non-hydrogen) atoms. The standard InChI is InChI=1S/C24H19N3OS/c28-22-17-29-24(27(22)20-14-8-3-9-15-20)21-16-26(19-12-6-2-7-13-19)25-23(21)18-10-4-1-5-11-18/h1-16,24H,17H2/t24-/m0/s1. The zero-order chi connectivity index (χ0) is 19.6. The van der Waals surface area contributed by atoms with Crippen LogP contribution in [-0.4, -0.2) is 21.4 Å². The van der Waals surface area contributed by atoms with Gasteiger partial charge in [-0.3, -0.25) is 9.69 Å². The van der Waals surface area contributed by atoms with Gasteiger partial charge in [-0.05, 0) is 24.3 Å². The van der Waals surface area contributed by atoms with Crippen molar-refractivity contribution < 1.29 is 4.79 Å². The summed E-state index contributed by atoms with van der Waals surface area (Å²) in [6.45, 7) is 0. The number of anilines is 1. The fourth-order valence-corrected chi connectivity index (χ4v) is 4.80. The van der Waals surface area contributed by atoms with Crippen LogP contribution in [0.2, 0.25) is 0 Å². The third-order valence-electron chi connectivity index (χ3n) is 4.98. The molecule has 0 radical (unpaired) electrons. The van der Waals surface area contributed by atoms with Crippen molar-refractivity contribution in [3.05, 3.63) is 103 Å². The number of rotatable bonds is 4. The summed E-state index contributed by atoms with van der Waals surface area (Å²) in [6, 6.07) is 30.1. The van der Waals surface area contributed by atoms with E-state index in [0.29, 0.717) is 5.75 Å². The summed E-state index contributed by atoms with van der Waals surface area (Å²) >= 11 is 1.65. The number of hydrogen-bond acceptors (Lipinski definition) is 3. The molecule has 1 saturated heterocycles. The predicted molar refractivity (Wildman–Crippen MR) is 118 cm³/mol. The smallest absolute Gasteiger partial charge is 0.238 e. The monoisotopic (exact) mass is 397 g/mol. The van der Waals surface area contributed by atoms with Gasteiger partial charge in [0.05, 0.1) is 17.1 Å². The first-order chi connectivity index (χ1) is 14.3. The van der Waals surface area contributed by atoms with Gasteiger partial charge >= 0.3 is 0 Å². The van der Waals surface area contributed by atoms with Crippen LogP contribution in [-0.2, 0) is 4.79 Å². The second kappa shape index (κ2) is 7.60. The molecule has 1 aliphatic heterocycles. The second-order valence-corrected chi connectivity index (χ2v) is 7.91. The van der Waals surface area contributed by atoms with Crippen molar-refractivity contribution in [3.8, 4) is 16.9 Å². The highest BCUT2D eigenvalue weighted by atomic mass is 32.2. The van der Waals surface area contributed by atoms with E-state index in [1.54, 1.807) is 11.8 Å². The summed E-state index contributed by atoms with van der Waals surface area (Å²) < 4.78 is 1.91. The first-order valence-electron chi connectivity index (χ1n) is 9.50. The molecule has 5 rings (SSSR count). The Balaban J connectivity index is 1.65. The average molecular weight is 398 g/mol. The van der Waals surface area contributed by atoms with Crippen molar-refractivity contribution in [1.82, 2.24) is 9.78 Å². The van der Waals surface area contributed by atoms with Crippen LogP contribution in [0.1, 0.15) is 10.9 Å². The van der Waals surface area contributed by atoms with Gasteiger partial charge in [-0.15, -0.1) is 11.8 Å². The van der Waals surface area contributed by atoms with Crippen molar-refractivity contribution in [2.45, 2.75) is 5.37 Å². The number of nitrogens with zero attached hydrogens (tertiary/aromatic N) is 3. The van der Waals surface area contributed by atoms with Crippen LogP contribution in [0.3, 0.4) is 0 Å². The van der Waals surface area contributed by atoms with Crippen LogP contribution in [0.5, 0.6) is 0 Å². The van der Waals surface area contributed by atoms with E-state index >= 15 is 0 Å². The first kappa shape index (κ1) is 17.8.